The fraction of sp³-hybridized carbons (Fsp3) is 0.286. The fourth-order valence-corrected chi connectivity index (χ4v) is 4.92. The molecule has 1 aliphatic heterocycles. The molecule has 1 heterocycles. The van der Waals surface area contributed by atoms with Crippen LogP contribution in [-0.4, -0.2) is 16.8 Å². The minimum absolute atomic E-state index is 0.223. The molecule has 3 aromatic carbocycles. The molecule has 0 bridgehead atoms. The number of hydrogen-bond acceptors (Lipinski definition) is 3. The highest BCUT2D eigenvalue weighted by atomic mass is 16.3. The van der Waals surface area contributed by atoms with Crippen LogP contribution in [0.25, 0.3) is 0 Å². The summed E-state index contributed by atoms with van der Waals surface area (Å²) in [5.74, 6) is -0.672. The molecular formula is C28H29NO3. The standard InChI is InChI=1S/C28H29NO3/c1-17-10-11-19(3)22(14-17)16-29-24-9-7-6-8-23(24)28(32,27(29)31)15-25(30)26-20(4)12-18(2)13-21(26)5/h6-14,32H,15-16H2,1-5H3. The minimum Gasteiger partial charge on any atom is -0.375 e. The average molecular weight is 428 g/mol. The number of carbonyl (C=O) groups excluding carboxylic acids is 2. The van der Waals surface area contributed by atoms with Crippen molar-refractivity contribution in [1.29, 1.82) is 0 Å². The predicted octanol–water partition coefficient (Wildman–Crippen LogP) is 5.24. The summed E-state index contributed by atoms with van der Waals surface area (Å²) in [7, 11) is 0. The number of nitrogens with zero attached hydrogens (tertiary/aromatic N) is 1. The van der Waals surface area contributed by atoms with Crippen LogP contribution in [-0.2, 0) is 16.9 Å². The number of benzene rings is 3. The molecule has 4 heteroatoms. The molecule has 1 aliphatic rings. The lowest BCUT2D eigenvalue weighted by Gasteiger charge is -2.24. The number of ketones is 1. The fourth-order valence-electron chi connectivity index (χ4n) is 4.92. The van der Waals surface area contributed by atoms with Crippen molar-refractivity contribution in [3.63, 3.8) is 0 Å². The SMILES string of the molecule is Cc1cc(C)c(C(=O)CC2(O)C(=O)N(Cc3cc(C)ccc3C)c3ccccc32)c(C)c1. The van der Waals surface area contributed by atoms with Gasteiger partial charge in [-0.1, -0.05) is 59.7 Å². The first-order valence-corrected chi connectivity index (χ1v) is 10.9. The van der Waals surface area contributed by atoms with Crippen molar-refractivity contribution >= 4 is 17.4 Å². The molecule has 4 rings (SSSR count). The van der Waals surface area contributed by atoms with Crippen molar-refractivity contribution in [3.05, 3.63) is 99.1 Å². The molecule has 4 nitrogen and oxygen atoms in total. The molecule has 0 spiro atoms. The van der Waals surface area contributed by atoms with E-state index in [0.717, 1.165) is 33.4 Å². The summed E-state index contributed by atoms with van der Waals surface area (Å²) in [5.41, 5.74) is 5.88. The average Bonchev–Trinajstić information content (AvgIpc) is 2.92. The van der Waals surface area contributed by atoms with Crippen LogP contribution in [0.15, 0.2) is 54.6 Å². The van der Waals surface area contributed by atoms with Gasteiger partial charge < -0.3 is 10.0 Å². The van der Waals surface area contributed by atoms with Crippen LogP contribution in [0.4, 0.5) is 5.69 Å². The van der Waals surface area contributed by atoms with Crippen molar-refractivity contribution in [2.45, 2.75) is 53.2 Å². The number of Topliss-reactive ketones (excluding diaryl/α,β-unsaturated/α-hetero) is 1. The topological polar surface area (TPSA) is 57.6 Å². The van der Waals surface area contributed by atoms with Gasteiger partial charge in [0.25, 0.3) is 5.91 Å². The van der Waals surface area contributed by atoms with E-state index in [0.29, 0.717) is 23.4 Å². The van der Waals surface area contributed by atoms with Crippen LogP contribution in [0, 0.1) is 34.6 Å². The monoisotopic (exact) mass is 427 g/mol. The molecule has 1 unspecified atom stereocenters. The van der Waals surface area contributed by atoms with Crippen LogP contribution in [0.1, 0.15) is 55.7 Å². The Morgan fingerprint density at radius 3 is 2.22 bits per heavy atom. The molecule has 0 saturated carbocycles. The number of rotatable bonds is 5. The summed E-state index contributed by atoms with van der Waals surface area (Å²) >= 11 is 0. The zero-order valence-electron chi connectivity index (χ0n) is 19.3. The first-order valence-electron chi connectivity index (χ1n) is 10.9. The molecule has 1 N–H and O–H groups in total. The Morgan fingerprint density at radius 1 is 0.875 bits per heavy atom. The van der Waals surface area contributed by atoms with Gasteiger partial charge in [-0.2, -0.15) is 0 Å². The number of hydrogen-bond donors (Lipinski definition) is 1. The van der Waals surface area contributed by atoms with E-state index in [2.05, 4.69) is 6.07 Å². The van der Waals surface area contributed by atoms with Gasteiger partial charge in [0.2, 0.25) is 0 Å². The van der Waals surface area contributed by atoms with E-state index in [9.17, 15) is 14.7 Å². The Morgan fingerprint density at radius 2 is 1.53 bits per heavy atom. The van der Waals surface area contributed by atoms with Crippen LogP contribution in [0.2, 0.25) is 0 Å². The molecule has 0 aromatic heterocycles. The lowest BCUT2D eigenvalue weighted by Crippen LogP contribution is -2.41. The number of aliphatic hydroxyl groups is 1. The summed E-state index contributed by atoms with van der Waals surface area (Å²) in [4.78, 5) is 28.6. The predicted molar refractivity (Wildman–Crippen MR) is 127 cm³/mol. The van der Waals surface area contributed by atoms with Gasteiger partial charge in [-0.15, -0.1) is 0 Å². The molecule has 0 saturated heterocycles. The van der Waals surface area contributed by atoms with Gasteiger partial charge in [0, 0.05) is 11.1 Å². The molecule has 32 heavy (non-hydrogen) atoms. The summed E-state index contributed by atoms with van der Waals surface area (Å²) in [6, 6.07) is 17.3. The Labute approximate surface area is 189 Å². The van der Waals surface area contributed by atoms with E-state index in [4.69, 9.17) is 0 Å². The Hall–Kier alpha value is -3.24. The van der Waals surface area contributed by atoms with Crippen LogP contribution >= 0.6 is 0 Å². The van der Waals surface area contributed by atoms with E-state index in [1.807, 2.05) is 71.0 Å². The number of fused-ring (bicyclic) bond motifs is 1. The Balaban J connectivity index is 1.72. The molecule has 0 aliphatic carbocycles. The Kier molecular flexibility index (Phi) is 5.51. The van der Waals surface area contributed by atoms with E-state index in [1.54, 1.807) is 17.0 Å². The van der Waals surface area contributed by atoms with Gasteiger partial charge in [0.15, 0.2) is 11.4 Å². The maximum Gasteiger partial charge on any atom is 0.264 e. The third-order valence-electron chi connectivity index (χ3n) is 6.44. The van der Waals surface area contributed by atoms with Gasteiger partial charge >= 0.3 is 0 Å². The third-order valence-corrected chi connectivity index (χ3v) is 6.44. The second kappa shape index (κ2) is 8.03. The maximum atomic E-state index is 13.6. The van der Waals surface area contributed by atoms with Gasteiger partial charge in [-0.25, -0.2) is 0 Å². The van der Waals surface area contributed by atoms with E-state index >= 15 is 0 Å². The number of carbonyl (C=O) groups is 2. The lowest BCUT2D eigenvalue weighted by molar-refractivity contribution is -0.136. The summed E-state index contributed by atoms with van der Waals surface area (Å²) in [6.07, 6.45) is -0.281. The van der Waals surface area contributed by atoms with Crippen molar-refractivity contribution in [2.75, 3.05) is 4.90 Å². The second-order valence-electron chi connectivity index (χ2n) is 9.07. The highest BCUT2D eigenvalue weighted by Gasteiger charge is 2.51. The number of anilines is 1. The van der Waals surface area contributed by atoms with E-state index in [1.165, 1.54) is 0 Å². The second-order valence-corrected chi connectivity index (χ2v) is 9.07. The molecular weight excluding hydrogens is 398 g/mol. The highest BCUT2D eigenvalue weighted by molar-refractivity contribution is 6.11. The molecule has 3 aromatic rings. The highest BCUT2D eigenvalue weighted by Crippen LogP contribution is 2.44. The molecule has 164 valence electrons. The first kappa shape index (κ1) is 22.0. The van der Waals surface area contributed by atoms with Crippen LogP contribution in [0.5, 0.6) is 0 Å². The van der Waals surface area contributed by atoms with Crippen molar-refractivity contribution < 1.29 is 14.7 Å². The number of aryl methyl sites for hydroxylation is 5. The zero-order valence-corrected chi connectivity index (χ0v) is 19.3. The van der Waals surface area contributed by atoms with Gasteiger partial charge in [0.1, 0.15) is 0 Å². The van der Waals surface area contributed by atoms with Gasteiger partial charge in [-0.05, 0) is 62.9 Å². The largest absolute Gasteiger partial charge is 0.375 e. The van der Waals surface area contributed by atoms with Gasteiger partial charge in [-0.3, -0.25) is 9.59 Å². The molecule has 0 radical (unpaired) electrons. The quantitative estimate of drug-likeness (QED) is 0.567. The van der Waals surface area contributed by atoms with Crippen molar-refractivity contribution in [2.24, 2.45) is 0 Å². The molecule has 0 fully saturated rings. The lowest BCUT2D eigenvalue weighted by atomic mass is 9.85. The van der Waals surface area contributed by atoms with E-state index in [-0.39, 0.29) is 12.2 Å². The Bertz CT molecular complexity index is 1220. The zero-order chi connectivity index (χ0) is 23.2. The first-order chi connectivity index (χ1) is 15.1. The third kappa shape index (κ3) is 3.65. The maximum absolute atomic E-state index is 13.6. The summed E-state index contributed by atoms with van der Waals surface area (Å²) in [5, 5.41) is 11.6. The smallest absolute Gasteiger partial charge is 0.264 e. The van der Waals surface area contributed by atoms with Crippen LogP contribution < -0.4 is 4.90 Å². The van der Waals surface area contributed by atoms with Gasteiger partial charge in [0.05, 0.1) is 18.7 Å². The van der Waals surface area contributed by atoms with E-state index < -0.39 is 11.5 Å². The number of amides is 1. The number of para-hydroxylation sites is 1. The summed E-state index contributed by atoms with van der Waals surface area (Å²) < 4.78 is 0. The molecule has 1 atom stereocenters. The summed E-state index contributed by atoms with van der Waals surface area (Å²) in [6.45, 7) is 10.2. The normalized spacial score (nSPS) is 17.6. The van der Waals surface area contributed by atoms with Crippen LogP contribution in [0.3, 0.4) is 0 Å². The van der Waals surface area contributed by atoms with Crippen molar-refractivity contribution in [1.82, 2.24) is 0 Å². The molecule has 1 amide bonds. The minimum atomic E-state index is -1.88. The van der Waals surface area contributed by atoms with Crippen molar-refractivity contribution in [3.8, 4) is 0 Å².